The summed E-state index contributed by atoms with van der Waals surface area (Å²) in [5, 5.41) is 2.97. The number of nitrogens with zero attached hydrogens (tertiary/aromatic N) is 2. The Morgan fingerprint density at radius 2 is 1.09 bits per heavy atom. The lowest BCUT2D eigenvalue weighted by molar-refractivity contribution is 0.660. The standard InChI is InChI=1S/C49H32N2O2/c1-49(2)39-20-10-8-17-34(39)37-28-31(23-25-40(37)49)45-47-46(35-18-9-11-21-41(35)53-47)51-48(50-45)36-19-12-22-43-44(36)38-27-30(24-26-42(38)52-43)33-16-7-6-15-32(33)29-13-4-3-5-14-29/h3-28H,1-2H3. The van der Waals surface area contributed by atoms with Crippen molar-refractivity contribution in [3.8, 4) is 56.0 Å². The number of rotatable bonds is 4. The molecule has 0 fully saturated rings. The summed E-state index contributed by atoms with van der Waals surface area (Å²) in [4.78, 5) is 10.7. The van der Waals surface area contributed by atoms with Gasteiger partial charge in [0, 0.05) is 32.7 Å². The van der Waals surface area contributed by atoms with Gasteiger partial charge in [0.05, 0.1) is 0 Å². The summed E-state index contributed by atoms with van der Waals surface area (Å²) in [5.41, 5.74) is 16.3. The molecule has 53 heavy (non-hydrogen) atoms. The van der Waals surface area contributed by atoms with Gasteiger partial charge in [-0.15, -0.1) is 0 Å². The van der Waals surface area contributed by atoms with Crippen LogP contribution in [0, 0.1) is 0 Å². The Bertz CT molecular complexity index is 3090. The fourth-order valence-corrected chi connectivity index (χ4v) is 8.56. The summed E-state index contributed by atoms with van der Waals surface area (Å²) in [6, 6.07) is 55.3. The third-order valence-corrected chi connectivity index (χ3v) is 11.1. The molecule has 11 rings (SSSR count). The van der Waals surface area contributed by atoms with Crippen LogP contribution < -0.4 is 0 Å². The van der Waals surface area contributed by atoms with Gasteiger partial charge in [0.25, 0.3) is 0 Å². The Labute approximate surface area is 306 Å². The molecule has 0 atom stereocenters. The molecule has 3 aromatic heterocycles. The van der Waals surface area contributed by atoms with Crippen molar-refractivity contribution in [2.75, 3.05) is 0 Å². The van der Waals surface area contributed by atoms with Gasteiger partial charge in [-0.25, -0.2) is 9.97 Å². The third-order valence-electron chi connectivity index (χ3n) is 11.1. The van der Waals surface area contributed by atoms with Gasteiger partial charge in [0.2, 0.25) is 0 Å². The van der Waals surface area contributed by atoms with E-state index in [4.69, 9.17) is 18.8 Å². The second-order valence-corrected chi connectivity index (χ2v) is 14.5. The van der Waals surface area contributed by atoms with E-state index < -0.39 is 0 Å². The minimum absolute atomic E-state index is 0.0889. The molecule has 10 aromatic rings. The molecule has 0 radical (unpaired) electrons. The lowest BCUT2D eigenvalue weighted by Crippen LogP contribution is -2.14. The molecule has 7 aromatic carbocycles. The molecule has 0 N–H and O–H groups in total. The zero-order chi connectivity index (χ0) is 35.3. The molecule has 0 unspecified atom stereocenters. The van der Waals surface area contributed by atoms with Gasteiger partial charge < -0.3 is 8.83 Å². The van der Waals surface area contributed by atoms with Crippen LogP contribution in [-0.2, 0) is 5.41 Å². The number of hydrogen-bond donors (Lipinski definition) is 0. The quantitative estimate of drug-likeness (QED) is 0.186. The van der Waals surface area contributed by atoms with Crippen LogP contribution in [0.1, 0.15) is 25.0 Å². The first kappa shape index (κ1) is 29.9. The molecule has 250 valence electrons. The zero-order valence-electron chi connectivity index (χ0n) is 29.2. The van der Waals surface area contributed by atoms with E-state index in [0.717, 1.165) is 60.8 Å². The van der Waals surface area contributed by atoms with E-state index in [0.29, 0.717) is 11.4 Å². The maximum absolute atomic E-state index is 6.57. The smallest absolute Gasteiger partial charge is 0.180 e. The van der Waals surface area contributed by atoms with Crippen molar-refractivity contribution < 1.29 is 8.83 Å². The fraction of sp³-hybridized carbons (Fsp3) is 0.0612. The van der Waals surface area contributed by atoms with E-state index in [1.165, 1.54) is 38.9 Å². The maximum Gasteiger partial charge on any atom is 0.180 e. The van der Waals surface area contributed by atoms with Crippen LogP contribution in [0.4, 0.5) is 0 Å². The number of hydrogen-bond acceptors (Lipinski definition) is 4. The highest BCUT2D eigenvalue weighted by Crippen LogP contribution is 2.50. The molecular formula is C49H32N2O2. The fourth-order valence-electron chi connectivity index (χ4n) is 8.56. The third kappa shape index (κ3) is 4.42. The summed E-state index contributed by atoms with van der Waals surface area (Å²) < 4.78 is 13.1. The Morgan fingerprint density at radius 3 is 1.96 bits per heavy atom. The van der Waals surface area contributed by atoms with Gasteiger partial charge in [-0.2, -0.15) is 0 Å². The molecule has 4 heteroatoms. The minimum Gasteiger partial charge on any atom is -0.456 e. The maximum atomic E-state index is 6.57. The first-order chi connectivity index (χ1) is 26.0. The molecule has 0 bridgehead atoms. The Morgan fingerprint density at radius 1 is 0.434 bits per heavy atom. The van der Waals surface area contributed by atoms with Crippen molar-refractivity contribution in [1.82, 2.24) is 9.97 Å². The molecule has 3 heterocycles. The highest BCUT2D eigenvalue weighted by atomic mass is 16.3. The topological polar surface area (TPSA) is 52.1 Å². The van der Waals surface area contributed by atoms with Crippen molar-refractivity contribution in [1.29, 1.82) is 0 Å². The van der Waals surface area contributed by atoms with Crippen molar-refractivity contribution in [2.24, 2.45) is 0 Å². The Hall–Kier alpha value is -6.78. The summed E-state index contributed by atoms with van der Waals surface area (Å²) in [6.45, 7) is 4.61. The molecule has 1 aliphatic rings. The minimum atomic E-state index is -0.0889. The first-order valence-corrected chi connectivity index (χ1v) is 18.1. The average Bonchev–Trinajstić information content (AvgIpc) is 3.85. The summed E-state index contributed by atoms with van der Waals surface area (Å²) in [5.74, 6) is 0.628. The van der Waals surface area contributed by atoms with E-state index in [1.54, 1.807) is 0 Å². The van der Waals surface area contributed by atoms with Gasteiger partial charge >= 0.3 is 0 Å². The van der Waals surface area contributed by atoms with Gasteiger partial charge in [0.1, 0.15) is 28.0 Å². The molecule has 0 saturated heterocycles. The van der Waals surface area contributed by atoms with Crippen molar-refractivity contribution >= 4 is 44.0 Å². The second-order valence-electron chi connectivity index (χ2n) is 14.5. The largest absolute Gasteiger partial charge is 0.456 e. The number of furan rings is 2. The molecule has 0 spiro atoms. The summed E-state index contributed by atoms with van der Waals surface area (Å²) in [7, 11) is 0. The van der Waals surface area contributed by atoms with E-state index in [1.807, 2.05) is 30.3 Å². The van der Waals surface area contributed by atoms with Gasteiger partial charge in [-0.05, 0) is 80.9 Å². The highest BCUT2D eigenvalue weighted by Gasteiger charge is 2.35. The predicted octanol–water partition coefficient (Wildman–Crippen LogP) is 13.2. The first-order valence-electron chi connectivity index (χ1n) is 18.1. The van der Waals surface area contributed by atoms with Crippen molar-refractivity contribution in [3.05, 3.63) is 169 Å². The zero-order valence-corrected chi connectivity index (χ0v) is 29.2. The molecule has 0 aliphatic heterocycles. The molecule has 1 aliphatic carbocycles. The van der Waals surface area contributed by atoms with Crippen LogP contribution >= 0.6 is 0 Å². The lowest BCUT2D eigenvalue weighted by atomic mass is 9.82. The average molecular weight is 681 g/mol. The van der Waals surface area contributed by atoms with E-state index in [-0.39, 0.29) is 5.41 Å². The number of fused-ring (bicyclic) bond motifs is 9. The van der Waals surface area contributed by atoms with Crippen molar-refractivity contribution in [3.63, 3.8) is 0 Å². The molecule has 0 amide bonds. The highest BCUT2D eigenvalue weighted by molar-refractivity contribution is 6.14. The number of para-hydroxylation sites is 1. The van der Waals surface area contributed by atoms with E-state index >= 15 is 0 Å². The van der Waals surface area contributed by atoms with Crippen LogP contribution in [0.3, 0.4) is 0 Å². The molecular weight excluding hydrogens is 649 g/mol. The molecule has 4 nitrogen and oxygen atoms in total. The van der Waals surface area contributed by atoms with Crippen LogP contribution in [0.25, 0.3) is 100 Å². The molecule has 0 saturated carbocycles. The van der Waals surface area contributed by atoms with Crippen LogP contribution in [-0.4, -0.2) is 9.97 Å². The van der Waals surface area contributed by atoms with Gasteiger partial charge in [0.15, 0.2) is 11.4 Å². The Kier molecular flexibility index (Phi) is 6.27. The summed E-state index contributed by atoms with van der Waals surface area (Å²) >= 11 is 0. The summed E-state index contributed by atoms with van der Waals surface area (Å²) in [6.07, 6.45) is 0. The van der Waals surface area contributed by atoms with Gasteiger partial charge in [-0.1, -0.05) is 135 Å². The number of aromatic nitrogens is 2. The van der Waals surface area contributed by atoms with Crippen LogP contribution in [0.15, 0.2) is 167 Å². The van der Waals surface area contributed by atoms with E-state index in [9.17, 15) is 0 Å². The lowest BCUT2D eigenvalue weighted by Gasteiger charge is -2.21. The predicted molar refractivity (Wildman–Crippen MR) is 216 cm³/mol. The van der Waals surface area contributed by atoms with Crippen molar-refractivity contribution in [2.45, 2.75) is 19.3 Å². The van der Waals surface area contributed by atoms with Crippen LogP contribution in [0.5, 0.6) is 0 Å². The SMILES string of the molecule is CC1(C)c2ccccc2-c2cc(-c3nc(-c4cccc5oc6ccc(-c7ccccc7-c7ccccc7)cc6c45)nc4c3oc3ccccc34)ccc21. The van der Waals surface area contributed by atoms with E-state index in [2.05, 4.69) is 141 Å². The normalized spacial score (nSPS) is 13.2. The van der Waals surface area contributed by atoms with Crippen LogP contribution in [0.2, 0.25) is 0 Å². The monoisotopic (exact) mass is 680 g/mol. The Balaban J connectivity index is 1.15. The number of benzene rings is 7. The second kappa shape index (κ2) is 11.1. The van der Waals surface area contributed by atoms with Gasteiger partial charge in [-0.3, -0.25) is 0 Å².